The molecule has 1 fully saturated rings. The topological polar surface area (TPSA) is 38.0 Å². The van der Waals surface area contributed by atoms with Crippen LogP contribution in [0.1, 0.15) is 50.1 Å². The number of hydrazine groups is 1. The van der Waals surface area contributed by atoms with E-state index in [1.165, 1.54) is 25.7 Å². The van der Waals surface area contributed by atoms with Crippen LogP contribution in [0.4, 0.5) is 8.78 Å². The molecule has 1 atom stereocenters. The van der Waals surface area contributed by atoms with Crippen LogP contribution in [0.5, 0.6) is 0 Å². The van der Waals surface area contributed by atoms with Gasteiger partial charge in [0.25, 0.3) is 0 Å². The SMILES string of the molecule is NNC(c1ccc(F)c(F)c1Br)C1CCCCCC1. The first-order chi connectivity index (χ1) is 9.15. The molecule has 1 saturated carbocycles. The van der Waals surface area contributed by atoms with Gasteiger partial charge in [0.05, 0.1) is 4.47 Å². The van der Waals surface area contributed by atoms with Gasteiger partial charge < -0.3 is 0 Å². The van der Waals surface area contributed by atoms with Gasteiger partial charge in [0, 0.05) is 6.04 Å². The number of nitrogens with two attached hydrogens (primary N) is 1. The molecule has 2 rings (SSSR count). The molecule has 1 aromatic carbocycles. The standard InChI is InChI=1S/C14H19BrF2N2/c15-12-10(7-8-11(16)13(12)17)14(19-18)9-5-3-1-2-4-6-9/h7-9,14,19H,1-6,18H2. The summed E-state index contributed by atoms with van der Waals surface area (Å²) in [6, 6.07) is 2.64. The van der Waals surface area contributed by atoms with Crippen LogP contribution < -0.4 is 11.3 Å². The first-order valence-electron chi connectivity index (χ1n) is 6.74. The van der Waals surface area contributed by atoms with Gasteiger partial charge in [-0.15, -0.1) is 0 Å². The highest BCUT2D eigenvalue weighted by Crippen LogP contribution is 2.37. The van der Waals surface area contributed by atoms with Crippen molar-refractivity contribution in [1.29, 1.82) is 0 Å². The predicted molar refractivity (Wildman–Crippen MR) is 75.3 cm³/mol. The van der Waals surface area contributed by atoms with Crippen molar-refractivity contribution < 1.29 is 8.78 Å². The second-order valence-electron chi connectivity index (χ2n) is 5.16. The Bertz CT molecular complexity index is 432. The number of benzene rings is 1. The van der Waals surface area contributed by atoms with E-state index in [0.717, 1.165) is 18.9 Å². The number of hydrogen-bond donors (Lipinski definition) is 2. The summed E-state index contributed by atoms with van der Waals surface area (Å²) in [6.45, 7) is 0. The smallest absolute Gasteiger partial charge is 0.173 e. The quantitative estimate of drug-likeness (QED) is 0.376. The van der Waals surface area contributed by atoms with E-state index in [1.54, 1.807) is 6.07 Å². The van der Waals surface area contributed by atoms with Crippen LogP contribution in [0.25, 0.3) is 0 Å². The van der Waals surface area contributed by atoms with E-state index in [0.29, 0.717) is 11.5 Å². The van der Waals surface area contributed by atoms with Crippen LogP contribution in [0, 0.1) is 17.6 Å². The average molecular weight is 333 g/mol. The largest absolute Gasteiger partial charge is 0.271 e. The predicted octanol–water partition coefficient (Wildman–Crippen LogP) is 4.20. The minimum absolute atomic E-state index is 0.137. The lowest BCUT2D eigenvalue weighted by Crippen LogP contribution is -2.34. The van der Waals surface area contributed by atoms with Gasteiger partial charge in [-0.2, -0.15) is 0 Å². The third kappa shape index (κ3) is 3.33. The van der Waals surface area contributed by atoms with Crippen LogP contribution in [-0.4, -0.2) is 0 Å². The number of nitrogens with one attached hydrogen (secondary N) is 1. The van der Waals surface area contributed by atoms with Crippen LogP contribution in [0.2, 0.25) is 0 Å². The Hall–Kier alpha value is -0.520. The van der Waals surface area contributed by atoms with Crippen molar-refractivity contribution in [2.45, 2.75) is 44.6 Å². The van der Waals surface area contributed by atoms with Gasteiger partial charge in [0.1, 0.15) is 0 Å². The monoisotopic (exact) mass is 332 g/mol. The van der Waals surface area contributed by atoms with Crippen molar-refractivity contribution in [3.63, 3.8) is 0 Å². The molecule has 0 saturated heterocycles. The molecule has 1 aromatic rings. The van der Waals surface area contributed by atoms with Gasteiger partial charge in [-0.05, 0) is 46.3 Å². The van der Waals surface area contributed by atoms with Crippen molar-refractivity contribution in [3.8, 4) is 0 Å². The summed E-state index contributed by atoms with van der Waals surface area (Å²) in [5.41, 5.74) is 3.49. The fraction of sp³-hybridized carbons (Fsp3) is 0.571. The second-order valence-corrected chi connectivity index (χ2v) is 5.95. The molecule has 0 amide bonds. The lowest BCUT2D eigenvalue weighted by atomic mass is 9.87. The van der Waals surface area contributed by atoms with Gasteiger partial charge >= 0.3 is 0 Å². The fourth-order valence-corrected chi connectivity index (χ4v) is 3.47. The Morgan fingerprint density at radius 3 is 2.37 bits per heavy atom. The van der Waals surface area contributed by atoms with Crippen LogP contribution >= 0.6 is 15.9 Å². The van der Waals surface area contributed by atoms with Crippen LogP contribution in [0.3, 0.4) is 0 Å². The van der Waals surface area contributed by atoms with E-state index < -0.39 is 11.6 Å². The Labute approximate surface area is 120 Å². The Morgan fingerprint density at radius 1 is 1.16 bits per heavy atom. The van der Waals surface area contributed by atoms with Gasteiger partial charge in [0.2, 0.25) is 0 Å². The zero-order valence-electron chi connectivity index (χ0n) is 10.8. The normalized spacial score (nSPS) is 19.2. The minimum atomic E-state index is -0.841. The van der Waals surface area contributed by atoms with Crippen molar-refractivity contribution in [2.24, 2.45) is 11.8 Å². The number of rotatable bonds is 3. The lowest BCUT2D eigenvalue weighted by Gasteiger charge is -2.27. The Kier molecular flexibility index (Phi) is 5.30. The Morgan fingerprint density at radius 2 is 1.79 bits per heavy atom. The average Bonchev–Trinajstić information content (AvgIpc) is 2.69. The molecule has 0 aromatic heterocycles. The Balaban J connectivity index is 2.28. The lowest BCUT2D eigenvalue weighted by molar-refractivity contribution is 0.326. The second kappa shape index (κ2) is 6.77. The maximum Gasteiger partial charge on any atom is 0.173 e. The molecule has 2 nitrogen and oxygen atoms in total. The van der Waals surface area contributed by atoms with Crippen LogP contribution in [-0.2, 0) is 0 Å². The molecule has 3 N–H and O–H groups in total. The maximum absolute atomic E-state index is 13.6. The summed E-state index contributed by atoms with van der Waals surface area (Å²) in [6.07, 6.45) is 6.97. The third-order valence-electron chi connectivity index (χ3n) is 3.95. The van der Waals surface area contributed by atoms with E-state index in [-0.39, 0.29) is 10.5 Å². The molecule has 0 spiro atoms. The van der Waals surface area contributed by atoms with E-state index in [1.807, 2.05) is 0 Å². The van der Waals surface area contributed by atoms with Crippen LogP contribution in [0.15, 0.2) is 16.6 Å². The zero-order chi connectivity index (χ0) is 13.8. The first kappa shape index (κ1) is 14.9. The summed E-state index contributed by atoms with van der Waals surface area (Å²) in [5.74, 6) is 4.34. The summed E-state index contributed by atoms with van der Waals surface area (Å²) < 4.78 is 27.0. The fourth-order valence-electron chi connectivity index (χ4n) is 2.91. The maximum atomic E-state index is 13.6. The van der Waals surface area contributed by atoms with E-state index in [9.17, 15) is 8.78 Å². The highest BCUT2D eigenvalue weighted by Gasteiger charge is 2.26. The van der Waals surface area contributed by atoms with E-state index in [2.05, 4.69) is 21.4 Å². The summed E-state index contributed by atoms with van der Waals surface area (Å²) in [7, 11) is 0. The summed E-state index contributed by atoms with van der Waals surface area (Å²) >= 11 is 3.15. The molecule has 0 bridgehead atoms. The molecular formula is C14H19BrF2N2. The molecule has 106 valence electrons. The summed E-state index contributed by atoms with van der Waals surface area (Å²) in [5, 5.41) is 0. The highest BCUT2D eigenvalue weighted by atomic mass is 79.9. The molecule has 0 aliphatic heterocycles. The van der Waals surface area contributed by atoms with E-state index in [4.69, 9.17) is 5.84 Å². The molecule has 1 aliphatic rings. The molecule has 0 radical (unpaired) electrons. The van der Waals surface area contributed by atoms with Gasteiger partial charge in [0.15, 0.2) is 11.6 Å². The minimum Gasteiger partial charge on any atom is -0.271 e. The molecule has 19 heavy (non-hydrogen) atoms. The van der Waals surface area contributed by atoms with E-state index >= 15 is 0 Å². The molecule has 1 unspecified atom stereocenters. The van der Waals surface area contributed by atoms with Gasteiger partial charge in [-0.3, -0.25) is 11.3 Å². The number of halogens is 3. The van der Waals surface area contributed by atoms with Crippen molar-refractivity contribution in [2.75, 3.05) is 0 Å². The van der Waals surface area contributed by atoms with Gasteiger partial charge in [-0.1, -0.05) is 31.7 Å². The van der Waals surface area contributed by atoms with Crippen molar-refractivity contribution >= 4 is 15.9 Å². The zero-order valence-corrected chi connectivity index (χ0v) is 12.3. The molecule has 1 aliphatic carbocycles. The van der Waals surface area contributed by atoms with Gasteiger partial charge in [-0.25, -0.2) is 8.78 Å². The first-order valence-corrected chi connectivity index (χ1v) is 7.54. The summed E-state index contributed by atoms with van der Waals surface area (Å²) in [4.78, 5) is 0. The molecule has 0 heterocycles. The molecular weight excluding hydrogens is 314 g/mol. The van der Waals surface area contributed by atoms with Crippen molar-refractivity contribution in [1.82, 2.24) is 5.43 Å². The molecule has 5 heteroatoms. The third-order valence-corrected chi connectivity index (χ3v) is 4.76. The number of hydrogen-bond acceptors (Lipinski definition) is 2. The highest BCUT2D eigenvalue weighted by molar-refractivity contribution is 9.10. The van der Waals surface area contributed by atoms with Crippen molar-refractivity contribution in [3.05, 3.63) is 33.8 Å².